The van der Waals surface area contributed by atoms with E-state index in [1.165, 1.54) is 0 Å². The van der Waals surface area contributed by atoms with Crippen LogP contribution in [0.2, 0.25) is 0 Å². The van der Waals surface area contributed by atoms with Gasteiger partial charge in [0.15, 0.2) is 23.0 Å². The molecule has 10 heteroatoms. The first-order valence-electron chi connectivity index (χ1n) is 14.6. The molecule has 0 unspecified atom stereocenters. The Balaban J connectivity index is 1.59. The SMILES string of the molecule is N#Cc1ccc(CN(Cc2ccc(C#N)cc2)c2nc(C#N)c(N(Cc3ccc(C#N)cc3)Cc3ccc(C#N)cc3)nc2C#N)cc1. The topological polar surface area (TPSA) is 175 Å². The Labute approximate surface area is 278 Å². The lowest BCUT2D eigenvalue weighted by Gasteiger charge is -2.28. The van der Waals surface area contributed by atoms with Crippen LogP contribution in [0.1, 0.15) is 55.9 Å². The van der Waals surface area contributed by atoms with Crippen molar-refractivity contribution in [2.45, 2.75) is 26.2 Å². The van der Waals surface area contributed by atoms with Gasteiger partial charge < -0.3 is 9.80 Å². The second-order valence-corrected chi connectivity index (χ2v) is 10.7. The van der Waals surface area contributed by atoms with E-state index in [0.717, 1.165) is 22.3 Å². The summed E-state index contributed by atoms with van der Waals surface area (Å²) in [6, 6.07) is 41.0. The van der Waals surface area contributed by atoms with Crippen LogP contribution in [0.25, 0.3) is 0 Å². The summed E-state index contributed by atoms with van der Waals surface area (Å²) >= 11 is 0. The Bertz CT molecular complexity index is 1900. The highest BCUT2D eigenvalue weighted by Gasteiger charge is 2.24. The van der Waals surface area contributed by atoms with E-state index >= 15 is 0 Å². The van der Waals surface area contributed by atoms with Crippen LogP contribution in [0.3, 0.4) is 0 Å². The molecule has 0 aliphatic carbocycles. The highest BCUT2D eigenvalue weighted by atomic mass is 15.2. The molecular weight excluding hydrogens is 596 g/mol. The van der Waals surface area contributed by atoms with Gasteiger partial charge in [-0.2, -0.15) is 31.6 Å². The first-order valence-corrected chi connectivity index (χ1v) is 14.6. The van der Waals surface area contributed by atoms with Gasteiger partial charge in [-0.05, 0) is 70.8 Å². The summed E-state index contributed by atoms with van der Waals surface area (Å²) in [7, 11) is 0. The molecule has 5 rings (SSSR count). The zero-order valence-electron chi connectivity index (χ0n) is 25.5. The molecule has 1 heterocycles. The second-order valence-electron chi connectivity index (χ2n) is 10.7. The van der Waals surface area contributed by atoms with Crippen molar-refractivity contribution >= 4 is 11.6 Å². The predicted octanol–water partition coefficient (Wildman–Crippen LogP) is 6.12. The zero-order chi connectivity index (χ0) is 33.9. The Morgan fingerprint density at radius 1 is 0.354 bits per heavy atom. The molecule has 226 valence electrons. The molecule has 0 bridgehead atoms. The molecule has 0 amide bonds. The van der Waals surface area contributed by atoms with Gasteiger partial charge in [-0.25, -0.2) is 9.97 Å². The summed E-state index contributed by atoms with van der Waals surface area (Å²) in [6.45, 7) is 1.16. The van der Waals surface area contributed by atoms with Gasteiger partial charge in [-0.3, -0.25) is 0 Å². The highest BCUT2D eigenvalue weighted by Crippen LogP contribution is 2.28. The lowest BCUT2D eigenvalue weighted by Crippen LogP contribution is -2.28. The lowest BCUT2D eigenvalue weighted by molar-refractivity contribution is 0.754. The van der Waals surface area contributed by atoms with Gasteiger partial charge >= 0.3 is 0 Å². The van der Waals surface area contributed by atoms with E-state index in [1.54, 1.807) is 48.5 Å². The van der Waals surface area contributed by atoms with E-state index in [2.05, 4.69) is 36.4 Å². The first kappa shape index (κ1) is 31.9. The molecule has 0 spiro atoms. The van der Waals surface area contributed by atoms with Crippen LogP contribution in [-0.4, -0.2) is 9.97 Å². The number of benzene rings is 4. The Morgan fingerprint density at radius 2 is 0.583 bits per heavy atom. The smallest absolute Gasteiger partial charge is 0.185 e. The van der Waals surface area contributed by atoms with Crippen LogP contribution >= 0.6 is 0 Å². The number of rotatable bonds is 10. The normalized spacial score (nSPS) is 9.88. The fraction of sp³-hybridized carbons (Fsp3) is 0.105. The van der Waals surface area contributed by atoms with Gasteiger partial charge in [-0.1, -0.05) is 48.5 Å². The minimum atomic E-state index is 0.0101. The maximum absolute atomic E-state index is 10.4. The van der Waals surface area contributed by atoms with Crippen LogP contribution in [0.15, 0.2) is 97.1 Å². The predicted molar refractivity (Wildman–Crippen MR) is 176 cm³/mol. The molecule has 5 aromatic rings. The Kier molecular flexibility index (Phi) is 9.96. The van der Waals surface area contributed by atoms with Crippen molar-refractivity contribution < 1.29 is 0 Å². The van der Waals surface area contributed by atoms with Crippen molar-refractivity contribution in [1.82, 2.24) is 9.97 Å². The molecule has 1 aromatic heterocycles. The minimum absolute atomic E-state index is 0.0101. The summed E-state index contributed by atoms with van der Waals surface area (Å²) in [5, 5.41) is 57.8. The molecule has 48 heavy (non-hydrogen) atoms. The molecule has 0 radical (unpaired) electrons. The largest absolute Gasteiger partial charge is 0.346 e. The molecule has 0 aliphatic rings. The maximum atomic E-state index is 10.4. The molecule has 4 aromatic carbocycles. The van der Waals surface area contributed by atoms with Crippen LogP contribution in [-0.2, 0) is 26.2 Å². The van der Waals surface area contributed by atoms with E-state index in [-0.39, 0.29) is 23.0 Å². The van der Waals surface area contributed by atoms with Gasteiger partial charge in [0.05, 0.1) is 46.5 Å². The number of nitriles is 6. The zero-order valence-corrected chi connectivity index (χ0v) is 25.5. The maximum Gasteiger partial charge on any atom is 0.185 e. The summed E-state index contributed by atoms with van der Waals surface area (Å²) in [4.78, 5) is 13.1. The van der Waals surface area contributed by atoms with Gasteiger partial charge in [0.1, 0.15) is 12.1 Å². The third-order valence-electron chi connectivity index (χ3n) is 7.50. The number of nitrogens with zero attached hydrogens (tertiary/aromatic N) is 10. The van der Waals surface area contributed by atoms with Crippen molar-refractivity contribution in [3.8, 4) is 36.4 Å². The number of aromatic nitrogens is 2. The van der Waals surface area contributed by atoms with Gasteiger partial charge in [0.25, 0.3) is 0 Å². The summed E-state index contributed by atoms with van der Waals surface area (Å²) < 4.78 is 0. The highest BCUT2D eigenvalue weighted by molar-refractivity contribution is 5.61. The fourth-order valence-corrected chi connectivity index (χ4v) is 5.04. The molecule has 10 nitrogen and oxygen atoms in total. The summed E-state index contributed by atoms with van der Waals surface area (Å²) in [6.07, 6.45) is 0. The van der Waals surface area contributed by atoms with Crippen molar-refractivity contribution in [1.29, 1.82) is 31.6 Å². The third kappa shape index (κ3) is 7.58. The quantitative estimate of drug-likeness (QED) is 0.177. The van der Waals surface area contributed by atoms with Crippen molar-refractivity contribution in [2.24, 2.45) is 0 Å². The molecule has 0 N–H and O–H groups in total. The summed E-state index contributed by atoms with van der Waals surface area (Å²) in [5.41, 5.74) is 5.45. The van der Waals surface area contributed by atoms with Crippen molar-refractivity contribution in [3.63, 3.8) is 0 Å². The van der Waals surface area contributed by atoms with Gasteiger partial charge in [-0.15, -0.1) is 0 Å². The van der Waals surface area contributed by atoms with E-state index in [0.29, 0.717) is 48.4 Å². The monoisotopic (exact) mass is 620 g/mol. The van der Waals surface area contributed by atoms with Crippen LogP contribution in [0, 0.1) is 68.0 Å². The Morgan fingerprint density at radius 3 is 0.771 bits per heavy atom. The Hall–Kier alpha value is -7.50. The molecule has 0 saturated heterocycles. The molecular formula is C38H24N10. The van der Waals surface area contributed by atoms with E-state index in [1.807, 2.05) is 58.3 Å². The average Bonchev–Trinajstić information content (AvgIpc) is 3.15. The third-order valence-corrected chi connectivity index (χ3v) is 7.50. The van der Waals surface area contributed by atoms with Gasteiger partial charge in [0.2, 0.25) is 0 Å². The van der Waals surface area contributed by atoms with E-state index < -0.39 is 0 Å². The average molecular weight is 621 g/mol. The second kappa shape index (κ2) is 15.0. The molecule has 0 aliphatic heterocycles. The van der Waals surface area contributed by atoms with Crippen LogP contribution < -0.4 is 9.80 Å². The summed E-state index contributed by atoms with van der Waals surface area (Å²) in [5.74, 6) is 0.423. The standard InChI is InChI=1S/C38H24N10/c39-17-27-1-9-31(10-2-27)23-47(24-32-11-3-28(18-40)4-12-32)37-35(21-43)46-38(36(22-44)45-37)48(25-33-13-5-29(19-41)6-14-33)26-34-15-7-30(20-42)8-16-34/h1-16H,23-26H2. The number of hydrogen-bond donors (Lipinski definition) is 0. The minimum Gasteiger partial charge on any atom is -0.346 e. The number of anilines is 2. The molecule has 0 atom stereocenters. The van der Waals surface area contributed by atoms with Crippen molar-refractivity contribution in [2.75, 3.05) is 9.80 Å². The molecule has 0 fully saturated rings. The lowest BCUT2D eigenvalue weighted by atomic mass is 10.1. The van der Waals surface area contributed by atoms with Crippen molar-refractivity contribution in [3.05, 3.63) is 153 Å². The van der Waals surface area contributed by atoms with Gasteiger partial charge in [0, 0.05) is 26.2 Å². The number of hydrogen-bond acceptors (Lipinski definition) is 10. The van der Waals surface area contributed by atoms with E-state index in [4.69, 9.17) is 9.97 Å². The van der Waals surface area contributed by atoms with Crippen LogP contribution in [0.5, 0.6) is 0 Å². The fourth-order valence-electron chi connectivity index (χ4n) is 5.04. The van der Waals surface area contributed by atoms with Crippen LogP contribution in [0.4, 0.5) is 11.6 Å². The first-order chi connectivity index (χ1) is 23.5. The van der Waals surface area contributed by atoms with E-state index in [9.17, 15) is 31.6 Å². The molecule has 0 saturated carbocycles.